The van der Waals surface area contributed by atoms with Gasteiger partial charge < -0.3 is 9.84 Å². The highest BCUT2D eigenvalue weighted by atomic mass is 16.5. The molecular formula is C15H19N3O3. The zero-order valence-electron chi connectivity index (χ0n) is 12.0. The van der Waals surface area contributed by atoms with Crippen LogP contribution in [-0.2, 0) is 22.5 Å². The average Bonchev–Trinajstić information content (AvgIpc) is 2.96. The summed E-state index contributed by atoms with van der Waals surface area (Å²) in [5, 5.41) is 16.7. The van der Waals surface area contributed by atoms with Crippen molar-refractivity contribution in [3.05, 3.63) is 36.0 Å². The van der Waals surface area contributed by atoms with E-state index in [2.05, 4.69) is 16.4 Å². The van der Waals surface area contributed by atoms with Crippen molar-refractivity contribution in [1.29, 1.82) is 0 Å². The van der Waals surface area contributed by atoms with E-state index in [1.165, 1.54) is 0 Å². The Bertz CT molecular complexity index is 595. The molecule has 0 aliphatic carbocycles. The van der Waals surface area contributed by atoms with E-state index in [0.29, 0.717) is 6.61 Å². The molecule has 2 rings (SSSR count). The molecule has 6 nitrogen and oxygen atoms in total. The summed E-state index contributed by atoms with van der Waals surface area (Å²) in [6.45, 7) is 3.58. The maximum atomic E-state index is 10.4. The molecule has 1 aromatic carbocycles. The first-order chi connectivity index (χ1) is 10.2. The minimum Gasteiger partial charge on any atom is -0.481 e. The number of benzene rings is 1. The van der Waals surface area contributed by atoms with Crippen molar-refractivity contribution in [3.8, 4) is 11.3 Å². The number of ether oxygens (including phenoxy) is 1. The quantitative estimate of drug-likeness (QED) is 0.752. The maximum Gasteiger partial charge on any atom is 0.305 e. The van der Waals surface area contributed by atoms with Crippen molar-refractivity contribution < 1.29 is 14.6 Å². The van der Waals surface area contributed by atoms with Crippen molar-refractivity contribution in [1.82, 2.24) is 15.0 Å². The highest BCUT2D eigenvalue weighted by Gasteiger charge is 2.04. The second-order valence-corrected chi connectivity index (χ2v) is 4.67. The summed E-state index contributed by atoms with van der Waals surface area (Å²) in [4.78, 5) is 10.4. The smallest absolute Gasteiger partial charge is 0.305 e. The normalized spacial score (nSPS) is 10.7. The van der Waals surface area contributed by atoms with Gasteiger partial charge in [-0.25, -0.2) is 0 Å². The van der Waals surface area contributed by atoms with Gasteiger partial charge in [0.15, 0.2) is 0 Å². The van der Waals surface area contributed by atoms with Crippen molar-refractivity contribution in [3.63, 3.8) is 0 Å². The van der Waals surface area contributed by atoms with Crippen molar-refractivity contribution >= 4 is 5.97 Å². The fourth-order valence-electron chi connectivity index (χ4n) is 1.92. The van der Waals surface area contributed by atoms with Crippen LogP contribution in [0.5, 0.6) is 0 Å². The van der Waals surface area contributed by atoms with Crippen LogP contribution in [0.1, 0.15) is 18.9 Å². The van der Waals surface area contributed by atoms with E-state index in [1.54, 1.807) is 4.68 Å². The summed E-state index contributed by atoms with van der Waals surface area (Å²) in [6.07, 6.45) is 2.71. The molecule has 0 saturated heterocycles. The Kier molecular flexibility index (Phi) is 5.45. The Morgan fingerprint density at radius 3 is 2.95 bits per heavy atom. The van der Waals surface area contributed by atoms with E-state index < -0.39 is 5.97 Å². The lowest BCUT2D eigenvalue weighted by Gasteiger charge is -2.04. The highest BCUT2D eigenvalue weighted by molar-refractivity contribution is 5.66. The molecule has 0 bridgehead atoms. The first-order valence-corrected chi connectivity index (χ1v) is 6.98. The molecule has 0 aliphatic rings. The fourth-order valence-corrected chi connectivity index (χ4v) is 1.92. The number of rotatable bonds is 8. The van der Waals surface area contributed by atoms with Crippen LogP contribution >= 0.6 is 0 Å². The van der Waals surface area contributed by atoms with Gasteiger partial charge in [-0.3, -0.25) is 9.48 Å². The summed E-state index contributed by atoms with van der Waals surface area (Å²) in [6, 6.07) is 8.06. The van der Waals surface area contributed by atoms with E-state index in [9.17, 15) is 4.79 Å². The molecule has 0 fully saturated rings. The molecule has 112 valence electrons. The molecule has 1 N–H and O–H groups in total. The molecule has 21 heavy (non-hydrogen) atoms. The molecule has 0 radical (unpaired) electrons. The number of nitrogens with zero attached hydrogens (tertiary/aromatic N) is 3. The van der Waals surface area contributed by atoms with Gasteiger partial charge in [0.25, 0.3) is 0 Å². The number of aromatic nitrogens is 3. The maximum absolute atomic E-state index is 10.4. The van der Waals surface area contributed by atoms with Crippen LogP contribution in [0.2, 0.25) is 0 Å². The van der Waals surface area contributed by atoms with E-state index in [4.69, 9.17) is 9.84 Å². The molecule has 1 heterocycles. The first-order valence-electron chi connectivity index (χ1n) is 6.98. The van der Waals surface area contributed by atoms with Gasteiger partial charge in [0.1, 0.15) is 5.69 Å². The lowest BCUT2D eigenvalue weighted by molar-refractivity contribution is -0.138. The lowest BCUT2D eigenvalue weighted by Crippen LogP contribution is -2.05. The Labute approximate surface area is 123 Å². The van der Waals surface area contributed by atoms with Crippen LogP contribution in [0.15, 0.2) is 30.5 Å². The third kappa shape index (κ3) is 4.68. The molecule has 0 unspecified atom stereocenters. The standard InChI is InChI=1S/C15H19N3O3/c1-2-18-11-14(16-17-18)13-5-3-4-12(10-13)6-8-21-9-7-15(19)20/h3-5,10-11H,2,6-9H2,1H3,(H,19,20). The van der Waals surface area contributed by atoms with Crippen LogP contribution in [0, 0.1) is 0 Å². The summed E-state index contributed by atoms with van der Waals surface area (Å²) in [7, 11) is 0. The van der Waals surface area contributed by atoms with Crippen LogP contribution < -0.4 is 0 Å². The number of aryl methyl sites for hydroxylation is 1. The molecule has 0 atom stereocenters. The molecule has 0 aliphatic heterocycles. The van der Waals surface area contributed by atoms with Gasteiger partial charge in [-0.1, -0.05) is 23.4 Å². The Hall–Kier alpha value is -2.21. The van der Waals surface area contributed by atoms with Crippen molar-refractivity contribution in [2.45, 2.75) is 26.3 Å². The van der Waals surface area contributed by atoms with Gasteiger partial charge in [-0.2, -0.15) is 0 Å². The van der Waals surface area contributed by atoms with Crippen LogP contribution in [0.3, 0.4) is 0 Å². The third-order valence-corrected chi connectivity index (χ3v) is 3.08. The Balaban J connectivity index is 1.90. The molecule has 0 amide bonds. The van der Waals surface area contributed by atoms with Gasteiger partial charge in [0, 0.05) is 12.1 Å². The summed E-state index contributed by atoms with van der Waals surface area (Å²) in [5.74, 6) is -0.837. The minimum atomic E-state index is -0.837. The first kappa shape index (κ1) is 15.2. The minimum absolute atomic E-state index is 0.0418. The third-order valence-electron chi connectivity index (χ3n) is 3.08. The average molecular weight is 289 g/mol. The molecule has 1 aromatic heterocycles. The zero-order chi connectivity index (χ0) is 15.1. The Morgan fingerprint density at radius 2 is 2.24 bits per heavy atom. The van der Waals surface area contributed by atoms with E-state index in [1.807, 2.05) is 31.3 Å². The Morgan fingerprint density at radius 1 is 1.38 bits per heavy atom. The zero-order valence-corrected chi connectivity index (χ0v) is 12.0. The number of carboxylic acids is 1. The molecule has 2 aromatic rings. The van der Waals surface area contributed by atoms with Gasteiger partial charge in [0.05, 0.1) is 25.8 Å². The lowest BCUT2D eigenvalue weighted by atomic mass is 10.1. The number of hydrogen-bond donors (Lipinski definition) is 1. The van der Waals surface area contributed by atoms with Crippen molar-refractivity contribution in [2.75, 3.05) is 13.2 Å². The van der Waals surface area contributed by atoms with Crippen LogP contribution in [-0.4, -0.2) is 39.3 Å². The highest BCUT2D eigenvalue weighted by Crippen LogP contribution is 2.18. The van der Waals surface area contributed by atoms with Crippen LogP contribution in [0.4, 0.5) is 0 Å². The van der Waals surface area contributed by atoms with Crippen LogP contribution in [0.25, 0.3) is 11.3 Å². The topological polar surface area (TPSA) is 77.2 Å². The molecule has 6 heteroatoms. The predicted molar refractivity (Wildman–Crippen MR) is 77.9 cm³/mol. The largest absolute Gasteiger partial charge is 0.481 e. The molecule has 0 saturated carbocycles. The molecular weight excluding hydrogens is 270 g/mol. The van der Waals surface area contributed by atoms with E-state index >= 15 is 0 Å². The van der Waals surface area contributed by atoms with Gasteiger partial charge in [-0.15, -0.1) is 5.10 Å². The second-order valence-electron chi connectivity index (χ2n) is 4.67. The number of aliphatic carboxylic acids is 1. The van der Waals surface area contributed by atoms with Crippen molar-refractivity contribution in [2.24, 2.45) is 0 Å². The van der Waals surface area contributed by atoms with E-state index in [-0.39, 0.29) is 13.0 Å². The summed E-state index contributed by atoms with van der Waals surface area (Å²) in [5.41, 5.74) is 3.01. The second kappa shape index (κ2) is 7.54. The number of hydrogen-bond acceptors (Lipinski definition) is 4. The predicted octanol–water partition coefficient (Wildman–Crippen LogP) is 2.00. The summed E-state index contributed by atoms with van der Waals surface area (Å²) >= 11 is 0. The summed E-state index contributed by atoms with van der Waals surface area (Å²) < 4.78 is 7.09. The SMILES string of the molecule is CCn1cc(-c2cccc(CCOCCC(=O)O)c2)nn1. The number of carbonyl (C=O) groups is 1. The monoisotopic (exact) mass is 289 g/mol. The number of carboxylic acid groups (broad SMARTS) is 1. The molecule has 0 spiro atoms. The van der Waals surface area contributed by atoms with Gasteiger partial charge >= 0.3 is 5.97 Å². The van der Waals surface area contributed by atoms with Gasteiger partial charge in [0.2, 0.25) is 0 Å². The van der Waals surface area contributed by atoms with E-state index in [0.717, 1.165) is 29.8 Å². The fraction of sp³-hybridized carbons (Fsp3) is 0.400. The van der Waals surface area contributed by atoms with Gasteiger partial charge in [-0.05, 0) is 25.0 Å².